The summed E-state index contributed by atoms with van der Waals surface area (Å²) in [6.07, 6.45) is 6.09. The fraction of sp³-hybridized carbons (Fsp3) is 0.375. The lowest BCUT2D eigenvalue weighted by Gasteiger charge is -2.11. The van der Waals surface area contributed by atoms with Crippen LogP contribution in [0.15, 0.2) is 41.5 Å². The summed E-state index contributed by atoms with van der Waals surface area (Å²) < 4.78 is 21.2. The Morgan fingerprint density at radius 2 is 1.56 bits per heavy atom. The minimum absolute atomic E-state index is 0.121. The molecule has 1 N–H and O–H groups in total. The molecule has 1 amide bonds. The summed E-state index contributed by atoms with van der Waals surface area (Å²) in [5, 5.41) is 3.98. The molecule has 0 aliphatic heterocycles. The lowest BCUT2D eigenvalue weighted by molar-refractivity contribution is -0.121. The third-order valence-electron chi connectivity index (χ3n) is 4.67. The number of unbranched alkanes of at least 4 members (excludes halogenated alkanes) is 3. The summed E-state index contributed by atoms with van der Waals surface area (Å²) >= 11 is 0. The molecule has 0 saturated heterocycles. The number of carbonyl (C=O) groups is 2. The van der Waals surface area contributed by atoms with Crippen LogP contribution in [0.3, 0.4) is 0 Å². The Balaban J connectivity index is 2.01. The quantitative estimate of drug-likeness (QED) is 0.173. The van der Waals surface area contributed by atoms with E-state index in [9.17, 15) is 9.59 Å². The molecule has 0 aliphatic carbocycles. The smallest absolute Gasteiger partial charge is 0.343 e. The maximum absolute atomic E-state index is 12.6. The Morgan fingerprint density at radius 3 is 2.25 bits per heavy atom. The van der Waals surface area contributed by atoms with Gasteiger partial charge in [-0.1, -0.05) is 26.2 Å². The number of hydrogen-bond donors (Lipinski definition) is 1. The molecule has 0 saturated carbocycles. The lowest BCUT2D eigenvalue weighted by atomic mass is 10.1. The van der Waals surface area contributed by atoms with E-state index in [1.54, 1.807) is 36.4 Å². The first-order valence-electron chi connectivity index (χ1n) is 10.5. The Morgan fingerprint density at radius 1 is 0.875 bits per heavy atom. The van der Waals surface area contributed by atoms with Gasteiger partial charge in [0, 0.05) is 6.42 Å². The summed E-state index contributed by atoms with van der Waals surface area (Å²) in [6, 6.07) is 9.72. The number of methoxy groups -OCH3 is 3. The second-order valence-corrected chi connectivity index (χ2v) is 6.97. The second-order valence-electron chi connectivity index (χ2n) is 6.97. The number of hydrogen-bond acceptors (Lipinski definition) is 7. The summed E-state index contributed by atoms with van der Waals surface area (Å²) in [4.78, 5) is 24.4. The van der Waals surface area contributed by atoms with Crippen molar-refractivity contribution in [3.63, 3.8) is 0 Å². The van der Waals surface area contributed by atoms with E-state index in [0.29, 0.717) is 34.8 Å². The van der Waals surface area contributed by atoms with Gasteiger partial charge in [0.05, 0.1) is 33.1 Å². The van der Waals surface area contributed by atoms with E-state index < -0.39 is 5.97 Å². The van der Waals surface area contributed by atoms with Crippen LogP contribution in [-0.2, 0) is 4.79 Å². The molecule has 0 aliphatic rings. The molecule has 0 bridgehead atoms. The van der Waals surface area contributed by atoms with Gasteiger partial charge in [0.2, 0.25) is 5.91 Å². The van der Waals surface area contributed by atoms with Crippen molar-refractivity contribution in [1.82, 2.24) is 5.43 Å². The predicted octanol–water partition coefficient (Wildman–Crippen LogP) is 4.35. The van der Waals surface area contributed by atoms with Crippen LogP contribution in [0.5, 0.6) is 23.0 Å². The number of rotatable bonds is 12. The van der Waals surface area contributed by atoms with Crippen molar-refractivity contribution in [3.8, 4) is 23.0 Å². The van der Waals surface area contributed by atoms with Gasteiger partial charge in [-0.25, -0.2) is 10.2 Å². The molecular weight excluding hydrogens is 412 g/mol. The Hall–Kier alpha value is -3.55. The Bertz CT molecular complexity index is 942. The van der Waals surface area contributed by atoms with E-state index in [2.05, 4.69) is 17.5 Å². The number of esters is 1. The van der Waals surface area contributed by atoms with Crippen LogP contribution >= 0.6 is 0 Å². The fourth-order valence-corrected chi connectivity index (χ4v) is 2.92. The van der Waals surface area contributed by atoms with E-state index >= 15 is 0 Å². The van der Waals surface area contributed by atoms with Crippen molar-refractivity contribution in [2.75, 3.05) is 21.3 Å². The summed E-state index contributed by atoms with van der Waals surface area (Å²) in [6.45, 7) is 2.13. The second kappa shape index (κ2) is 13.0. The first-order chi connectivity index (χ1) is 15.5. The summed E-state index contributed by atoms with van der Waals surface area (Å²) in [5.41, 5.74) is 3.50. The minimum atomic E-state index is -0.569. The SMILES string of the molecule is CCCCCCC(=O)N/N=C/c1ccc(OC(=O)c2ccc(OC)c(OC)c2)c(OC)c1. The molecule has 0 radical (unpaired) electrons. The van der Waals surface area contributed by atoms with Crippen molar-refractivity contribution in [1.29, 1.82) is 0 Å². The molecule has 8 heteroatoms. The first-order valence-corrected chi connectivity index (χ1v) is 10.5. The maximum Gasteiger partial charge on any atom is 0.343 e. The zero-order chi connectivity index (χ0) is 23.3. The van der Waals surface area contributed by atoms with Crippen LogP contribution in [0.2, 0.25) is 0 Å². The summed E-state index contributed by atoms with van der Waals surface area (Å²) in [5.74, 6) is 0.857. The average Bonchev–Trinajstić information content (AvgIpc) is 2.82. The molecule has 2 rings (SSSR count). The van der Waals surface area contributed by atoms with Crippen molar-refractivity contribution in [2.24, 2.45) is 5.10 Å². The van der Waals surface area contributed by atoms with Gasteiger partial charge in [0.25, 0.3) is 0 Å². The van der Waals surface area contributed by atoms with Crippen LogP contribution in [0.4, 0.5) is 0 Å². The Kier molecular flexibility index (Phi) is 10.0. The van der Waals surface area contributed by atoms with E-state index in [1.165, 1.54) is 27.5 Å². The van der Waals surface area contributed by atoms with E-state index in [4.69, 9.17) is 18.9 Å². The highest BCUT2D eigenvalue weighted by Gasteiger charge is 2.15. The van der Waals surface area contributed by atoms with Crippen molar-refractivity contribution in [2.45, 2.75) is 39.0 Å². The number of amides is 1. The standard InChI is InChI=1S/C24H30N2O6/c1-5-6-7-8-9-23(27)26-25-16-17-10-12-20(21(14-17)30-3)32-24(28)18-11-13-19(29-2)22(15-18)31-4/h10-16H,5-9H2,1-4H3,(H,26,27)/b25-16+. The first kappa shape index (κ1) is 24.7. The molecule has 0 spiro atoms. The zero-order valence-corrected chi connectivity index (χ0v) is 19.0. The molecule has 32 heavy (non-hydrogen) atoms. The van der Waals surface area contributed by atoms with E-state index in [0.717, 1.165) is 25.7 Å². The van der Waals surface area contributed by atoms with Gasteiger partial charge >= 0.3 is 5.97 Å². The highest BCUT2D eigenvalue weighted by Crippen LogP contribution is 2.31. The van der Waals surface area contributed by atoms with Gasteiger partial charge in [0.1, 0.15) is 0 Å². The van der Waals surface area contributed by atoms with Crippen LogP contribution in [0.1, 0.15) is 54.9 Å². The third kappa shape index (κ3) is 7.30. The number of nitrogens with zero attached hydrogens (tertiary/aromatic N) is 1. The highest BCUT2D eigenvalue weighted by molar-refractivity contribution is 5.92. The third-order valence-corrected chi connectivity index (χ3v) is 4.67. The minimum Gasteiger partial charge on any atom is -0.493 e. The number of carbonyl (C=O) groups excluding carboxylic acids is 2. The topological polar surface area (TPSA) is 95.5 Å². The van der Waals surface area contributed by atoms with Crippen molar-refractivity contribution >= 4 is 18.1 Å². The van der Waals surface area contributed by atoms with E-state index in [-0.39, 0.29) is 11.7 Å². The van der Waals surface area contributed by atoms with Gasteiger partial charge in [-0.3, -0.25) is 4.79 Å². The molecule has 0 heterocycles. The zero-order valence-electron chi connectivity index (χ0n) is 19.0. The maximum atomic E-state index is 12.6. The molecule has 0 atom stereocenters. The Labute approximate surface area is 188 Å². The van der Waals surface area contributed by atoms with Gasteiger partial charge < -0.3 is 18.9 Å². The monoisotopic (exact) mass is 442 g/mol. The molecule has 172 valence electrons. The predicted molar refractivity (Wildman–Crippen MR) is 122 cm³/mol. The highest BCUT2D eigenvalue weighted by atomic mass is 16.6. The van der Waals surface area contributed by atoms with Crippen molar-refractivity contribution in [3.05, 3.63) is 47.5 Å². The number of benzene rings is 2. The van der Waals surface area contributed by atoms with Crippen LogP contribution in [-0.4, -0.2) is 39.4 Å². The molecular formula is C24H30N2O6. The average molecular weight is 443 g/mol. The molecule has 2 aromatic carbocycles. The number of nitrogens with one attached hydrogen (secondary N) is 1. The van der Waals surface area contributed by atoms with Crippen LogP contribution in [0.25, 0.3) is 0 Å². The molecule has 0 aromatic heterocycles. The number of ether oxygens (including phenoxy) is 4. The largest absolute Gasteiger partial charge is 0.493 e. The summed E-state index contributed by atoms with van der Waals surface area (Å²) in [7, 11) is 4.48. The fourth-order valence-electron chi connectivity index (χ4n) is 2.92. The molecule has 0 fully saturated rings. The lowest BCUT2D eigenvalue weighted by Crippen LogP contribution is -2.16. The van der Waals surface area contributed by atoms with Gasteiger partial charge in [-0.15, -0.1) is 0 Å². The van der Waals surface area contributed by atoms with Crippen molar-refractivity contribution < 1.29 is 28.5 Å². The normalized spacial score (nSPS) is 10.6. The molecule has 8 nitrogen and oxygen atoms in total. The molecule has 0 unspecified atom stereocenters. The van der Waals surface area contributed by atoms with E-state index in [1.807, 2.05) is 0 Å². The van der Waals surface area contributed by atoms with Gasteiger partial charge in [-0.2, -0.15) is 5.10 Å². The molecule has 2 aromatic rings. The van der Waals surface area contributed by atoms with Gasteiger partial charge in [0.15, 0.2) is 23.0 Å². The number of hydrazone groups is 1. The van der Waals surface area contributed by atoms with Crippen LogP contribution < -0.4 is 24.4 Å². The van der Waals surface area contributed by atoms with Crippen LogP contribution in [0, 0.1) is 0 Å². The van der Waals surface area contributed by atoms with Gasteiger partial charge in [-0.05, 0) is 48.4 Å².